The number of morpholine rings is 1. The van der Waals surface area contributed by atoms with Gasteiger partial charge in [-0.1, -0.05) is 11.6 Å². The van der Waals surface area contributed by atoms with Crippen LogP contribution in [-0.4, -0.2) is 49.3 Å². The van der Waals surface area contributed by atoms with E-state index < -0.39 is 0 Å². The van der Waals surface area contributed by atoms with Gasteiger partial charge in [0.15, 0.2) is 0 Å². The van der Waals surface area contributed by atoms with Crippen LogP contribution in [0.3, 0.4) is 0 Å². The lowest BCUT2D eigenvalue weighted by atomic mass is 10.2. The third-order valence-electron chi connectivity index (χ3n) is 3.44. The average molecular weight is 293 g/mol. The highest BCUT2D eigenvalue weighted by atomic mass is 35.5. The molecule has 0 radical (unpaired) electrons. The molecule has 1 aliphatic heterocycles. The molecular weight excluding hydrogens is 276 g/mol. The van der Waals surface area contributed by atoms with Gasteiger partial charge in [-0.3, -0.25) is 4.90 Å². The van der Waals surface area contributed by atoms with Gasteiger partial charge in [0.1, 0.15) is 6.61 Å². The molecule has 0 spiro atoms. The minimum Gasteiger partial charge on any atom is -0.476 e. The number of fused-ring (bicyclic) bond motifs is 1. The number of rotatable bonds is 4. The van der Waals surface area contributed by atoms with Gasteiger partial charge in [0.2, 0.25) is 5.88 Å². The van der Waals surface area contributed by atoms with Crippen molar-refractivity contribution in [2.24, 2.45) is 0 Å². The van der Waals surface area contributed by atoms with Crippen LogP contribution in [0.25, 0.3) is 10.8 Å². The molecule has 2 aromatic rings. The molecule has 0 unspecified atom stereocenters. The fourth-order valence-corrected chi connectivity index (χ4v) is 2.51. The number of hydrogen-bond acceptors (Lipinski definition) is 4. The lowest BCUT2D eigenvalue weighted by molar-refractivity contribution is 0.0321. The molecule has 0 amide bonds. The number of pyridine rings is 1. The predicted molar refractivity (Wildman–Crippen MR) is 79.5 cm³/mol. The molecule has 3 rings (SSSR count). The second kappa shape index (κ2) is 6.39. The van der Waals surface area contributed by atoms with E-state index in [0.29, 0.717) is 12.5 Å². The maximum atomic E-state index is 6.00. The van der Waals surface area contributed by atoms with Crippen molar-refractivity contribution in [3.8, 4) is 5.88 Å². The second-order valence-corrected chi connectivity index (χ2v) is 5.22. The Morgan fingerprint density at radius 3 is 2.95 bits per heavy atom. The molecule has 1 fully saturated rings. The lowest BCUT2D eigenvalue weighted by Gasteiger charge is -2.26. The standard InChI is InChI=1S/C15H17ClN2O2/c16-13-1-2-14-12(11-13)3-4-17-15(14)20-10-7-18-5-8-19-9-6-18/h1-4,11H,5-10H2. The lowest BCUT2D eigenvalue weighted by Crippen LogP contribution is -2.38. The normalized spacial score (nSPS) is 16.4. The Kier molecular flexibility index (Phi) is 4.35. The highest BCUT2D eigenvalue weighted by Gasteiger charge is 2.10. The van der Waals surface area contributed by atoms with Gasteiger partial charge in [-0.25, -0.2) is 4.98 Å². The SMILES string of the molecule is Clc1ccc2c(OCCN3CCOCC3)nccc2c1. The second-order valence-electron chi connectivity index (χ2n) is 4.78. The average Bonchev–Trinajstić information content (AvgIpc) is 2.48. The third kappa shape index (κ3) is 3.20. The maximum absolute atomic E-state index is 6.00. The Morgan fingerprint density at radius 2 is 2.10 bits per heavy atom. The van der Waals surface area contributed by atoms with Crippen LogP contribution in [0, 0.1) is 0 Å². The molecule has 0 atom stereocenters. The zero-order valence-corrected chi connectivity index (χ0v) is 12.0. The van der Waals surface area contributed by atoms with Gasteiger partial charge in [0, 0.05) is 36.2 Å². The van der Waals surface area contributed by atoms with E-state index in [0.717, 1.165) is 48.6 Å². The first kappa shape index (κ1) is 13.6. The summed E-state index contributed by atoms with van der Waals surface area (Å²) in [6.07, 6.45) is 1.75. The molecule has 1 aromatic heterocycles. The topological polar surface area (TPSA) is 34.6 Å². The summed E-state index contributed by atoms with van der Waals surface area (Å²) in [5.41, 5.74) is 0. The van der Waals surface area contributed by atoms with Crippen LogP contribution in [0.4, 0.5) is 0 Å². The van der Waals surface area contributed by atoms with Gasteiger partial charge in [0.25, 0.3) is 0 Å². The van der Waals surface area contributed by atoms with E-state index in [1.807, 2.05) is 24.3 Å². The maximum Gasteiger partial charge on any atom is 0.221 e. The van der Waals surface area contributed by atoms with E-state index in [2.05, 4.69) is 9.88 Å². The number of hydrogen-bond donors (Lipinski definition) is 0. The molecule has 2 heterocycles. The number of ether oxygens (including phenoxy) is 2. The molecule has 1 saturated heterocycles. The van der Waals surface area contributed by atoms with Crippen molar-refractivity contribution in [2.45, 2.75) is 0 Å². The summed E-state index contributed by atoms with van der Waals surface area (Å²) in [6, 6.07) is 7.68. The smallest absolute Gasteiger partial charge is 0.221 e. The Hall–Kier alpha value is -1.36. The van der Waals surface area contributed by atoms with E-state index in [1.165, 1.54) is 0 Å². The van der Waals surface area contributed by atoms with Gasteiger partial charge in [-0.2, -0.15) is 0 Å². The van der Waals surface area contributed by atoms with Gasteiger partial charge in [-0.15, -0.1) is 0 Å². The van der Waals surface area contributed by atoms with E-state index in [1.54, 1.807) is 6.20 Å². The first-order valence-electron chi connectivity index (χ1n) is 6.80. The highest BCUT2D eigenvalue weighted by molar-refractivity contribution is 6.31. The number of benzene rings is 1. The molecule has 20 heavy (non-hydrogen) atoms. The molecule has 0 bridgehead atoms. The van der Waals surface area contributed by atoms with E-state index in [4.69, 9.17) is 21.1 Å². The first-order valence-corrected chi connectivity index (χ1v) is 7.18. The molecule has 1 aliphatic rings. The minimum absolute atomic E-state index is 0.634. The first-order chi connectivity index (χ1) is 9.83. The van der Waals surface area contributed by atoms with Crippen molar-refractivity contribution in [1.29, 1.82) is 0 Å². The van der Waals surface area contributed by atoms with Crippen LogP contribution >= 0.6 is 11.6 Å². The van der Waals surface area contributed by atoms with E-state index in [-0.39, 0.29) is 0 Å². The fourth-order valence-electron chi connectivity index (χ4n) is 2.33. The van der Waals surface area contributed by atoms with Crippen LogP contribution in [0.2, 0.25) is 5.02 Å². The molecule has 106 valence electrons. The minimum atomic E-state index is 0.634. The van der Waals surface area contributed by atoms with Crippen LogP contribution in [0.1, 0.15) is 0 Å². The Bertz CT molecular complexity index is 585. The Balaban J connectivity index is 1.65. The fraction of sp³-hybridized carbons (Fsp3) is 0.400. The summed E-state index contributed by atoms with van der Waals surface area (Å²) in [4.78, 5) is 6.65. The summed E-state index contributed by atoms with van der Waals surface area (Å²) in [5.74, 6) is 0.674. The van der Waals surface area contributed by atoms with Gasteiger partial charge in [-0.05, 0) is 29.7 Å². The molecule has 4 nitrogen and oxygen atoms in total. The summed E-state index contributed by atoms with van der Waals surface area (Å²) < 4.78 is 11.2. The Labute approximate surface area is 123 Å². The monoisotopic (exact) mass is 292 g/mol. The summed E-state index contributed by atoms with van der Waals surface area (Å²) in [6.45, 7) is 5.10. The predicted octanol–water partition coefficient (Wildman–Crippen LogP) is 2.60. The van der Waals surface area contributed by atoms with Crippen molar-refractivity contribution < 1.29 is 9.47 Å². The summed E-state index contributed by atoms with van der Waals surface area (Å²) >= 11 is 6.00. The van der Waals surface area contributed by atoms with Crippen LogP contribution in [-0.2, 0) is 4.74 Å². The number of halogens is 1. The quantitative estimate of drug-likeness (QED) is 0.867. The van der Waals surface area contributed by atoms with Crippen LogP contribution in [0.15, 0.2) is 30.5 Å². The van der Waals surface area contributed by atoms with E-state index in [9.17, 15) is 0 Å². The van der Waals surface area contributed by atoms with E-state index >= 15 is 0 Å². The Morgan fingerprint density at radius 1 is 1.25 bits per heavy atom. The van der Waals surface area contributed by atoms with Crippen molar-refractivity contribution in [3.63, 3.8) is 0 Å². The third-order valence-corrected chi connectivity index (χ3v) is 3.68. The summed E-state index contributed by atoms with van der Waals surface area (Å²) in [5, 5.41) is 2.77. The molecule has 0 N–H and O–H groups in total. The zero-order valence-electron chi connectivity index (χ0n) is 11.2. The van der Waals surface area contributed by atoms with Gasteiger partial charge >= 0.3 is 0 Å². The van der Waals surface area contributed by atoms with Crippen molar-refractivity contribution in [3.05, 3.63) is 35.5 Å². The highest BCUT2D eigenvalue weighted by Crippen LogP contribution is 2.25. The van der Waals surface area contributed by atoms with Crippen molar-refractivity contribution in [1.82, 2.24) is 9.88 Å². The largest absolute Gasteiger partial charge is 0.476 e. The molecule has 0 aliphatic carbocycles. The molecule has 0 saturated carbocycles. The van der Waals surface area contributed by atoms with Crippen molar-refractivity contribution in [2.75, 3.05) is 39.5 Å². The molecular formula is C15H17ClN2O2. The number of nitrogens with zero attached hydrogens (tertiary/aromatic N) is 2. The number of aromatic nitrogens is 1. The summed E-state index contributed by atoms with van der Waals surface area (Å²) in [7, 11) is 0. The van der Waals surface area contributed by atoms with Crippen LogP contribution < -0.4 is 4.74 Å². The van der Waals surface area contributed by atoms with Gasteiger partial charge in [0.05, 0.1) is 13.2 Å². The van der Waals surface area contributed by atoms with Crippen LogP contribution in [0.5, 0.6) is 5.88 Å². The molecule has 1 aromatic carbocycles. The molecule has 5 heteroatoms. The van der Waals surface area contributed by atoms with Crippen molar-refractivity contribution >= 4 is 22.4 Å². The van der Waals surface area contributed by atoms with Gasteiger partial charge < -0.3 is 9.47 Å². The zero-order chi connectivity index (χ0) is 13.8.